The third-order valence-electron chi connectivity index (χ3n) is 4.25. The van der Waals surface area contributed by atoms with E-state index in [-0.39, 0.29) is 5.92 Å². The molecule has 0 spiro atoms. The molecule has 0 amide bonds. The molecule has 0 radical (unpaired) electrons. The fraction of sp³-hybridized carbons (Fsp3) is 0.600. The van der Waals surface area contributed by atoms with Crippen molar-refractivity contribution >= 4 is 5.78 Å². The molecular formula is C15H20N2O. The summed E-state index contributed by atoms with van der Waals surface area (Å²) in [4.78, 5) is 16.6. The van der Waals surface area contributed by atoms with Gasteiger partial charge in [0.25, 0.3) is 0 Å². The molecule has 0 aliphatic carbocycles. The number of nitrogens with zero attached hydrogens (tertiary/aromatic N) is 1. The summed E-state index contributed by atoms with van der Waals surface area (Å²) in [6.07, 6.45) is 8.13. The number of carbonyl (C=O) groups is 1. The zero-order valence-electron chi connectivity index (χ0n) is 10.6. The predicted molar refractivity (Wildman–Crippen MR) is 70.2 cm³/mol. The quantitative estimate of drug-likeness (QED) is 0.885. The molecule has 3 rings (SSSR count). The number of piperidine rings is 2. The largest absolute Gasteiger partial charge is 0.311 e. The van der Waals surface area contributed by atoms with Gasteiger partial charge in [-0.15, -0.1) is 0 Å². The fourth-order valence-corrected chi connectivity index (χ4v) is 3.35. The molecule has 3 nitrogen and oxygen atoms in total. The van der Waals surface area contributed by atoms with Crippen molar-refractivity contribution in [1.82, 2.24) is 10.3 Å². The highest BCUT2D eigenvalue weighted by molar-refractivity contribution is 5.83. The van der Waals surface area contributed by atoms with E-state index in [4.69, 9.17) is 0 Å². The molecule has 2 saturated heterocycles. The Kier molecular flexibility index (Phi) is 3.41. The van der Waals surface area contributed by atoms with Crippen molar-refractivity contribution in [3.05, 3.63) is 30.1 Å². The Morgan fingerprint density at radius 2 is 2.06 bits per heavy atom. The Morgan fingerprint density at radius 3 is 2.72 bits per heavy atom. The first kappa shape index (κ1) is 11.8. The van der Waals surface area contributed by atoms with E-state index in [1.54, 1.807) is 6.20 Å². The number of rotatable bonds is 3. The highest BCUT2D eigenvalue weighted by Crippen LogP contribution is 2.30. The lowest BCUT2D eigenvalue weighted by Gasteiger charge is -2.39. The number of Topliss-reactive ketones (excluding diaryl/α,β-unsaturated/α-hetero) is 1. The van der Waals surface area contributed by atoms with Crippen molar-refractivity contribution < 1.29 is 4.79 Å². The van der Waals surface area contributed by atoms with E-state index in [0.29, 0.717) is 24.3 Å². The van der Waals surface area contributed by atoms with E-state index in [0.717, 1.165) is 18.5 Å². The van der Waals surface area contributed by atoms with Crippen molar-refractivity contribution in [3.63, 3.8) is 0 Å². The Morgan fingerprint density at radius 1 is 1.28 bits per heavy atom. The number of aromatic nitrogens is 1. The maximum Gasteiger partial charge on any atom is 0.142 e. The smallest absolute Gasteiger partial charge is 0.142 e. The molecule has 1 aromatic heterocycles. The molecular weight excluding hydrogens is 224 g/mol. The van der Waals surface area contributed by atoms with Gasteiger partial charge in [-0.2, -0.15) is 0 Å². The number of fused-ring (bicyclic) bond motifs is 2. The van der Waals surface area contributed by atoms with Crippen LogP contribution in [0.15, 0.2) is 24.4 Å². The van der Waals surface area contributed by atoms with Gasteiger partial charge in [0.05, 0.1) is 0 Å². The van der Waals surface area contributed by atoms with Gasteiger partial charge in [-0.05, 0) is 37.8 Å². The second-order valence-electron chi connectivity index (χ2n) is 5.62. The highest BCUT2D eigenvalue weighted by atomic mass is 16.1. The zero-order valence-corrected chi connectivity index (χ0v) is 10.6. The Bertz CT molecular complexity index is 406. The van der Waals surface area contributed by atoms with E-state index in [1.807, 2.05) is 18.2 Å². The number of pyridine rings is 1. The van der Waals surface area contributed by atoms with E-state index >= 15 is 0 Å². The molecule has 2 unspecified atom stereocenters. The van der Waals surface area contributed by atoms with Crippen LogP contribution in [0, 0.1) is 5.92 Å². The summed E-state index contributed by atoms with van der Waals surface area (Å²) < 4.78 is 0. The molecule has 0 saturated carbocycles. The average Bonchev–Trinajstić information content (AvgIpc) is 2.39. The molecule has 2 aliphatic rings. The Balaban J connectivity index is 1.63. The summed E-state index contributed by atoms with van der Waals surface area (Å²) >= 11 is 0. The van der Waals surface area contributed by atoms with Gasteiger partial charge in [0.2, 0.25) is 0 Å². The van der Waals surface area contributed by atoms with Crippen LogP contribution in [0.1, 0.15) is 37.8 Å². The molecule has 3 heterocycles. The molecule has 3 heteroatoms. The van der Waals surface area contributed by atoms with E-state index < -0.39 is 0 Å². The molecule has 96 valence electrons. The molecule has 1 N–H and O–H groups in total. The minimum Gasteiger partial charge on any atom is -0.311 e. The lowest BCUT2D eigenvalue weighted by atomic mass is 9.78. The number of carbonyl (C=O) groups excluding carboxylic acids is 1. The lowest BCUT2D eigenvalue weighted by Crippen LogP contribution is -2.50. The Hall–Kier alpha value is -1.22. The monoisotopic (exact) mass is 244 g/mol. The van der Waals surface area contributed by atoms with Crippen LogP contribution in [-0.2, 0) is 11.2 Å². The minimum absolute atomic E-state index is 0.253. The van der Waals surface area contributed by atoms with Gasteiger partial charge in [0.1, 0.15) is 5.78 Å². The topological polar surface area (TPSA) is 42.0 Å². The minimum atomic E-state index is 0.253. The van der Waals surface area contributed by atoms with Crippen LogP contribution in [0.3, 0.4) is 0 Å². The first-order valence-electron chi connectivity index (χ1n) is 7.00. The van der Waals surface area contributed by atoms with Gasteiger partial charge < -0.3 is 5.32 Å². The van der Waals surface area contributed by atoms with Gasteiger partial charge >= 0.3 is 0 Å². The van der Waals surface area contributed by atoms with Crippen molar-refractivity contribution in [3.8, 4) is 0 Å². The summed E-state index contributed by atoms with van der Waals surface area (Å²) in [6, 6.07) is 6.94. The van der Waals surface area contributed by atoms with Crippen molar-refractivity contribution in [2.75, 3.05) is 0 Å². The van der Waals surface area contributed by atoms with Gasteiger partial charge in [0, 0.05) is 36.3 Å². The SMILES string of the molecule is O=C(Cc1ccccn1)C1CC2CCCC(C1)N2. The van der Waals surface area contributed by atoms with Crippen LogP contribution in [0.25, 0.3) is 0 Å². The third kappa shape index (κ3) is 2.61. The van der Waals surface area contributed by atoms with Crippen LogP contribution in [0.2, 0.25) is 0 Å². The first-order valence-corrected chi connectivity index (χ1v) is 7.00. The second kappa shape index (κ2) is 5.19. The molecule has 2 atom stereocenters. The summed E-state index contributed by atoms with van der Waals surface area (Å²) in [5.41, 5.74) is 0.909. The second-order valence-corrected chi connectivity index (χ2v) is 5.62. The van der Waals surface area contributed by atoms with Gasteiger partial charge in [-0.1, -0.05) is 12.5 Å². The summed E-state index contributed by atoms with van der Waals surface area (Å²) in [5.74, 6) is 0.635. The van der Waals surface area contributed by atoms with E-state index in [1.165, 1.54) is 19.3 Å². The molecule has 1 aromatic rings. The van der Waals surface area contributed by atoms with Crippen LogP contribution in [-0.4, -0.2) is 22.9 Å². The maximum absolute atomic E-state index is 12.3. The molecule has 0 aromatic carbocycles. The third-order valence-corrected chi connectivity index (χ3v) is 4.25. The summed E-state index contributed by atoms with van der Waals surface area (Å²) in [6.45, 7) is 0. The van der Waals surface area contributed by atoms with E-state index in [9.17, 15) is 4.79 Å². The molecule has 18 heavy (non-hydrogen) atoms. The normalized spacial score (nSPS) is 31.0. The predicted octanol–water partition coefficient (Wildman–Crippen LogP) is 2.11. The molecule has 2 bridgehead atoms. The zero-order chi connectivity index (χ0) is 12.4. The van der Waals surface area contributed by atoms with Crippen molar-refractivity contribution in [2.24, 2.45) is 5.92 Å². The van der Waals surface area contributed by atoms with Crippen LogP contribution in [0.4, 0.5) is 0 Å². The van der Waals surface area contributed by atoms with Crippen LogP contribution in [0.5, 0.6) is 0 Å². The summed E-state index contributed by atoms with van der Waals surface area (Å²) in [5, 5.41) is 3.63. The number of ketones is 1. The van der Waals surface area contributed by atoms with E-state index in [2.05, 4.69) is 10.3 Å². The fourth-order valence-electron chi connectivity index (χ4n) is 3.35. The first-order chi connectivity index (χ1) is 8.81. The summed E-state index contributed by atoms with van der Waals surface area (Å²) in [7, 11) is 0. The number of hydrogen-bond acceptors (Lipinski definition) is 3. The maximum atomic E-state index is 12.3. The van der Waals surface area contributed by atoms with Crippen molar-refractivity contribution in [1.29, 1.82) is 0 Å². The Labute approximate surface area is 108 Å². The van der Waals surface area contributed by atoms with Gasteiger partial charge in [-0.3, -0.25) is 9.78 Å². The van der Waals surface area contributed by atoms with Crippen LogP contribution >= 0.6 is 0 Å². The van der Waals surface area contributed by atoms with Crippen LogP contribution < -0.4 is 5.32 Å². The molecule has 2 fully saturated rings. The number of nitrogens with one attached hydrogen (secondary N) is 1. The van der Waals surface area contributed by atoms with Gasteiger partial charge in [-0.25, -0.2) is 0 Å². The highest BCUT2D eigenvalue weighted by Gasteiger charge is 2.34. The number of hydrogen-bond donors (Lipinski definition) is 1. The molecule has 2 aliphatic heterocycles. The average molecular weight is 244 g/mol. The lowest BCUT2D eigenvalue weighted by molar-refractivity contribution is -0.124. The van der Waals surface area contributed by atoms with Gasteiger partial charge in [0.15, 0.2) is 0 Å². The van der Waals surface area contributed by atoms with Crippen molar-refractivity contribution in [2.45, 2.75) is 50.6 Å². The standard InChI is InChI=1S/C15H20N2O/c18-15(10-12-4-1-2-7-16-12)11-8-13-5-3-6-14(9-11)17-13/h1-2,4,7,11,13-14,17H,3,5-6,8-10H2.